The highest BCUT2D eigenvalue weighted by Crippen LogP contribution is 2.19. The van der Waals surface area contributed by atoms with Crippen molar-refractivity contribution >= 4 is 22.0 Å². The van der Waals surface area contributed by atoms with Crippen LogP contribution in [0.3, 0.4) is 0 Å². The number of amides is 1. The van der Waals surface area contributed by atoms with E-state index in [1.165, 1.54) is 4.57 Å². The van der Waals surface area contributed by atoms with Gasteiger partial charge in [0.25, 0.3) is 5.56 Å². The summed E-state index contributed by atoms with van der Waals surface area (Å²) in [4.78, 5) is 28.1. The van der Waals surface area contributed by atoms with Crippen LogP contribution in [0, 0.1) is 0 Å². The fourth-order valence-corrected chi connectivity index (χ4v) is 3.62. The van der Waals surface area contributed by atoms with Gasteiger partial charge in [0, 0.05) is 49.0 Å². The number of pyridine rings is 1. The van der Waals surface area contributed by atoms with Crippen LogP contribution in [0.25, 0.3) is 0 Å². The van der Waals surface area contributed by atoms with Crippen molar-refractivity contribution in [3.05, 3.63) is 62.5 Å². The van der Waals surface area contributed by atoms with Crippen molar-refractivity contribution in [1.82, 2.24) is 14.4 Å². The topological polar surface area (TPSA) is 75.0 Å². The van der Waals surface area contributed by atoms with Gasteiger partial charge < -0.3 is 19.3 Å². The standard InChI is InChI=1S/C20H24BrN3O4/c1-2-28-20(27)23-11-9-22(10-12-23)13-16-7-8-24(19(26)18(16)25)14-15-5-3-4-6-17(15)21/h3-8,25H,2,9-14H2,1H3. The average molecular weight is 450 g/mol. The fourth-order valence-electron chi connectivity index (χ4n) is 3.21. The summed E-state index contributed by atoms with van der Waals surface area (Å²) < 4.78 is 7.44. The van der Waals surface area contributed by atoms with Crippen LogP contribution in [0.2, 0.25) is 0 Å². The van der Waals surface area contributed by atoms with Crippen LogP contribution in [-0.2, 0) is 17.8 Å². The Morgan fingerprint density at radius 1 is 1.11 bits per heavy atom. The summed E-state index contributed by atoms with van der Waals surface area (Å²) in [6.45, 7) is 5.46. The average Bonchev–Trinajstić information content (AvgIpc) is 2.70. The number of rotatable bonds is 5. The minimum absolute atomic E-state index is 0.220. The minimum Gasteiger partial charge on any atom is -0.503 e. The van der Waals surface area contributed by atoms with Gasteiger partial charge >= 0.3 is 6.09 Å². The zero-order valence-electron chi connectivity index (χ0n) is 15.8. The van der Waals surface area contributed by atoms with Gasteiger partial charge in [-0.3, -0.25) is 9.69 Å². The smallest absolute Gasteiger partial charge is 0.409 e. The van der Waals surface area contributed by atoms with E-state index in [2.05, 4.69) is 20.8 Å². The molecule has 1 aromatic carbocycles. The van der Waals surface area contributed by atoms with Gasteiger partial charge in [-0.05, 0) is 24.6 Å². The first kappa shape index (κ1) is 20.4. The predicted octanol–water partition coefficient (Wildman–Crippen LogP) is 2.64. The lowest BCUT2D eigenvalue weighted by Crippen LogP contribution is -2.48. The highest BCUT2D eigenvalue weighted by molar-refractivity contribution is 9.10. The minimum atomic E-state index is -0.404. The van der Waals surface area contributed by atoms with E-state index in [0.29, 0.717) is 51.4 Å². The van der Waals surface area contributed by atoms with Crippen molar-refractivity contribution in [3.63, 3.8) is 0 Å². The highest BCUT2D eigenvalue weighted by atomic mass is 79.9. The Labute approximate surface area is 172 Å². The SMILES string of the molecule is CCOC(=O)N1CCN(Cc2ccn(Cc3ccccc3Br)c(=O)c2O)CC1. The van der Waals surface area contributed by atoms with Gasteiger partial charge in [-0.1, -0.05) is 34.1 Å². The quantitative estimate of drug-likeness (QED) is 0.759. The van der Waals surface area contributed by atoms with Crippen LogP contribution >= 0.6 is 15.9 Å². The van der Waals surface area contributed by atoms with Crippen LogP contribution in [0.15, 0.2) is 45.8 Å². The Morgan fingerprint density at radius 3 is 2.50 bits per heavy atom. The molecule has 0 unspecified atom stereocenters. The van der Waals surface area contributed by atoms with E-state index in [0.717, 1.165) is 10.0 Å². The van der Waals surface area contributed by atoms with Crippen molar-refractivity contribution < 1.29 is 14.6 Å². The molecule has 1 amide bonds. The van der Waals surface area contributed by atoms with Crippen LogP contribution in [-0.4, -0.2) is 58.4 Å². The third kappa shape index (κ3) is 4.74. The van der Waals surface area contributed by atoms with Gasteiger partial charge in [-0.25, -0.2) is 4.79 Å². The molecule has 1 aromatic heterocycles. The lowest BCUT2D eigenvalue weighted by atomic mass is 10.2. The second-order valence-corrected chi connectivity index (χ2v) is 7.53. The highest BCUT2D eigenvalue weighted by Gasteiger charge is 2.23. The van der Waals surface area contributed by atoms with E-state index in [1.807, 2.05) is 24.3 Å². The molecule has 28 heavy (non-hydrogen) atoms. The first-order chi connectivity index (χ1) is 13.5. The Hall–Kier alpha value is -2.32. The number of halogens is 1. The number of benzene rings is 1. The number of carbonyl (C=O) groups excluding carboxylic acids is 1. The maximum Gasteiger partial charge on any atom is 0.409 e. The van der Waals surface area contributed by atoms with Gasteiger partial charge in [0.2, 0.25) is 0 Å². The van der Waals surface area contributed by atoms with Gasteiger partial charge in [0.1, 0.15) is 0 Å². The molecule has 1 fully saturated rings. The zero-order valence-corrected chi connectivity index (χ0v) is 17.4. The summed E-state index contributed by atoms with van der Waals surface area (Å²) >= 11 is 3.48. The Kier molecular flexibility index (Phi) is 6.74. The largest absolute Gasteiger partial charge is 0.503 e. The maximum atomic E-state index is 12.6. The lowest BCUT2D eigenvalue weighted by Gasteiger charge is -2.34. The molecule has 1 aliphatic rings. The first-order valence-corrected chi connectivity index (χ1v) is 10.1. The number of carbonyl (C=O) groups is 1. The van der Waals surface area contributed by atoms with E-state index in [1.54, 1.807) is 24.1 Å². The number of hydrogen-bond acceptors (Lipinski definition) is 5. The molecule has 0 atom stereocenters. The van der Waals surface area contributed by atoms with Crippen molar-refractivity contribution in [2.45, 2.75) is 20.0 Å². The summed E-state index contributed by atoms with van der Waals surface area (Å²) in [5.41, 5.74) is 1.16. The van der Waals surface area contributed by atoms with Crippen LogP contribution in [0.4, 0.5) is 4.79 Å². The molecule has 0 radical (unpaired) electrons. The van der Waals surface area contributed by atoms with E-state index >= 15 is 0 Å². The molecule has 7 nitrogen and oxygen atoms in total. The number of aromatic hydroxyl groups is 1. The molecule has 2 aromatic rings. The molecule has 0 saturated carbocycles. The van der Waals surface area contributed by atoms with Crippen LogP contribution in [0.5, 0.6) is 5.75 Å². The van der Waals surface area contributed by atoms with E-state index in [9.17, 15) is 14.7 Å². The van der Waals surface area contributed by atoms with Gasteiger partial charge in [0.15, 0.2) is 5.75 Å². The molecule has 8 heteroatoms. The number of piperazine rings is 1. The Bertz CT molecular complexity index is 891. The Balaban J connectivity index is 1.65. The first-order valence-electron chi connectivity index (χ1n) is 9.28. The van der Waals surface area contributed by atoms with Crippen molar-refractivity contribution in [2.75, 3.05) is 32.8 Å². The van der Waals surface area contributed by atoms with Gasteiger partial charge in [0.05, 0.1) is 13.2 Å². The molecule has 0 bridgehead atoms. The molecular formula is C20H24BrN3O4. The third-order valence-electron chi connectivity index (χ3n) is 4.81. The normalized spacial score (nSPS) is 14.9. The summed E-state index contributed by atoms with van der Waals surface area (Å²) in [5.74, 6) is -0.220. The second kappa shape index (κ2) is 9.25. The molecule has 1 N–H and O–H groups in total. The summed E-state index contributed by atoms with van der Waals surface area (Å²) in [6, 6.07) is 9.47. The fraction of sp³-hybridized carbons (Fsp3) is 0.400. The van der Waals surface area contributed by atoms with Crippen molar-refractivity contribution in [2.24, 2.45) is 0 Å². The third-order valence-corrected chi connectivity index (χ3v) is 5.59. The Morgan fingerprint density at radius 2 is 1.82 bits per heavy atom. The van der Waals surface area contributed by atoms with E-state index < -0.39 is 5.56 Å². The maximum absolute atomic E-state index is 12.6. The van der Waals surface area contributed by atoms with Gasteiger partial charge in [-0.2, -0.15) is 0 Å². The van der Waals surface area contributed by atoms with Crippen LogP contribution in [0.1, 0.15) is 18.1 Å². The molecular weight excluding hydrogens is 426 g/mol. The summed E-state index contributed by atoms with van der Waals surface area (Å²) in [6.07, 6.45) is 1.42. The molecule has 2 heterocycles. The second-order valence-electron chi connectivity index (χ2n) is 6.68. The number of nitrogens with zero attached hydrogens (tertiary/aromatic N) is 3. The molecule has 3 rings (SSSR count). The van der Waals surface area contributed by atoms with E-state index in [4.69, 9.17) is 4.74 Å². The van der Waals surface area contributed by atoms with Crippen molar-refractivity contribution in [1.29, 1.82) is 0 Å². The molecule has 150 valence electrons. The number of hydrogen-bond donors (Lipinski definition) is 1. The zero-order chi connectivity index (χ0) is 20.1. The molecule has 0 aliphatic carbocycles. The van der Waals surface area contributed by atoms with Gasteiger partial charge in [-0.15, -0.1) is 0 Å². The monoisotopic (exact) mass is 449 g/mol. The summed E-state index contributed by atoms with van der Waals surface area (Å²) in [5, 5.41) is 10.4. The lowest BCUT2D eigenvalue weighted by molar-refractivity contribution is 0.0776. The van der Waals surface area contributed by atoms with Crippen molar-refractivity contribution in [3.8, 4) is 5.75 Å². The number of ether oxygens (including phenoxy) is 1. The number of aromatic nitrogens is 1. The molecule has 1 aliphatic heterocycles. The molecule has 1 saturated heterocycles. The molecule has 0 spiro atoms. The van der Waals surface area contributed by atoms with E-state index in [-0.39, 0.29) is 11.8 Å². The summed E-state index contributed by atoms with van der Waals surface area (Å²) in [7, 11) is 0. The predicted molar refractivity (Wildman–Crippen MR) is 109 cm³/mol. The van der Waals surface area contributed by atoms with Crippen LogP contribution < -0.4 is 5.56 Å².